The van der Waals surface area contributed by atoms with Crippen molar-refractivity contribution in [2.24, 2.45) is 0 Å². The molecular formula is C22H27BrN2O3. The van der Waals surface area contributed by atoms with E-state index in [-0.39, 0.29) is 5.91 Å². The van der Waals surface area contributed by atoms with Gasteiger partial charge < -0.3 is 19.7 Å². The Hall–Kier alpha value is -2.05. The molecular weight excluding hydrogens is 420 g/mol. The average molecular weight is 447 g/mol. The number of anilines is 2. The van der Waals surface area contributed by atoms with Gasteiger partial charge in [0, 0.05) is 42.5 Å². The number of hydrogen-bond acceptors (Lipinski definition) is 4. The largest absolute Gasteiger partial charge is 0.496 e. The summed E-state index contributed by atoms with van der Waals surface area (Å²) in [5.74, 6) is 0.799. The van der Waals surface area contributed by atoms with Gasteiger partial charge in [-0.1, -0.05) is 15.9 Å². The summed E-state index contributed by atoms with van der Waals surface area (Å²) < 4.78 is 11.8. The molecule has 1 heterocycles. The van der Waals surface area contributed by atoms with Gasteiger partial charge in [0.05, 0.1) is 13.2 Å². The summed E-state index contributed by atoms with van der Waals surface area (Å²) in [6.07, 6.45) is 3.50. The molecule has 5 nitrogen and oxygen atoms in total. The minimum Gasteiger partial charge on any atom is -0.496 e. The highest BCUT2D eigenvalue weighted by Gasteiger charge is 2.18. The molecule has 0 saturated carbocycles. The Bertz CT molecular complexity index is 787. The number of ether oxygens (including phenoxy) is 2. The number of piperidine rings is 1. The van der Waals surface area contributed by atoms with E-state index < -0.39 is 0 Å². The molecule has 1 aliphatic heterocycles. The van der Waals surface area contributed by atoms with Crippen molar-refractivity contribution < 1.29 is 14.3 Å². The van der Waals surface area contributed by atoms with Crippen LogP contribution in [0, 0.1) is 0 Å². The Labute approximate surface area is 175 Å². The van der Waals surface area contributed by atoms with Crippen LogP contribution in [0.4, 0.5) is 11.4 Å². The third kappa shape index (κ3) is 5.49. The van der Waals surface area contributed by atoms with Gasteiger partial charge in [-0.15, -0.1) is 0 Å². The van der Waals surface area contributed by atoms with Crippen LogP contribution in [0.3, 0.4) is 0 Å². The number of hydrogen-bond donors (Lipinski definition) is 1. The molecule has 1 N–H and O–H groups in total. The van der Waals surface area contributed by atoms with E-state index in [1.807, 2.05) is 30.3 Å². The first-order valence-electron chi connectivity index (χ1n) is 9.59. The van der Waals surface area contributed by atoms with Gasteiger partial charge in [0.1, 0.15) is 5.75 Å². The molecule has 1 amide bonds. The van der Waals surface area contributed by atoms with Gasteiger partial charge in [-0.2, -0.15) is 0 Å². The molecule has 0 aromatic heterocycles. The van der Waals surface area contributed by atoms with Gasteiger partial charge in [-0.3, -0.25) is 4.79 Å². The molecule has 0 radical (unpaired) electrons. The molecule has 2 aromatic carbocycles. The quantitative estimate of drug-likeness (QED) is 0.672. The SMILES string of the molecule is COc1ccc(Br)cc1CCC(=O)Nc1ccc(N2CCC(OC)CC2)cc1. The molecule has 0 bridgehead atoms. The van der Waals surface area contributed by atoms with Crippen molar-refractivity contribution in [3.63, 3.8) is 0 Å². The number of carbonyl (C=O) groups is 1. The monoisotopic (exact) mass is 446 g/mol. The Morgan fingerprint density at radius 1 is 1.14 bits per heavy atom. The van der Waals surface area contributed by atoms with E-state index in [1.165, 1.54) is 5.69 Å². The molecule has 0 unspecified atom stereocenters. The van der Waals surface area contributed by atoms with Crippen LogP contribution in [-0.4, -0.2) is 39.3 Å². The lowest BCUT2D eigenvalue weighted by atomic mass is 10.1. The first kappa shape index (κ1) is 20.7. The van der Waals surface area contributed by atoms with Crippen molar-refractivity contribution in [3.05, 3.63) is 52.5 Å². The molecule has 2 aromatic rings. The summed E-state index contributed by atoms with van der Waals surface area (Å²) in [7, 11) is 3.43. The van der Waals surface area contributed by atoms with Gasteiger partial charge in [0.15, 0.2) is 0 Å². The van der Waals surface area contributed by atoms with E-state index in [4.69, 9.17) is 9.47 Å². The van der Waals surface area contributed by atoms with Gasteiger partial charge >= 0.3 is 0 Å². The number of rotatable bonds is 7. The van der Waals surface area contributed by atoms with Crippen LogP contribution in [0.1, 0.15) is 24.8 Å². The molecule has 6 heteroatoms. The topological polar surface area (TPSA) is 50.8 Å². The first-order chi connectivity index (χ1) is 13.6. The number of halogens is 1. The molecule has 3 rings (SSSR count). The Kier molecular flexibility index (Phi) is 7.34. The maximum atomic E-state index is 12.3. The van der Waals surface area contributed by atoms with Gasteiger partial charge in [-0.05, 0) is 67.3 Å². The zero-order chi connectivity index (χ0) is 19.9. The summed E-state index contributed by atoms with van der Waals surface area (Å²) in [4.78, 5) is 14.7. The summed E-state index contributed by atoms with van der Waals surface area (Å²) in [5.41, 5.74) is 3.02. The average Bonchev–Trinajstić information content (AvgIpc) is 2.73. The summed E-state index contributed by atoms with van der Waals surface area (Å²) in [6.45, 7) is 2.00. The molecule has 150 valence electrons. The summed E-state index contributed by atoms with van der Waals surface area (Å²) in [5, 5.41) is 2.98. The second-order valence-electron chi connectivity index (χ2n) is 6.97. The molecule has 0 spiro atoms. The Morgan fingerprint density at radius 2 is 1.86 bits per heavy atom. The number of aryl methyl sites for hydroxylation is 1. The first-order valence-corrected chi connectivity index (χ1v) is 10.4. The van der Waals surface area contributed by atoms with Crippen molar-refractivity contribution in [1.29, 1.82) is 0 Å². The predicted molar refractivity (Wildman–Crippen MR) is 116 cm³/mol. The van der Waals surface area contributed by atoms with Crippen LogP contribution >= 0.6 is 15.9 Å². The van der Waals surface area contributed by atoms with E-state index in [0.29, 0.717) is 18.9 Å². The van der Waals surface area contributed by atoms with E-state index >= 15 is 0 Å². The second-order valence-corrected chi connectivity index (χ2v) is 7.89. The van der Waals surface area contributed by atoms with Crippen molar-refractivity contribution in [2.75, 3.05) is 37.5 Å². The third-order valence-electron chi connectivity index (χ3n) is 5.16. The highest BCUT2D eigenvalue weighted by atomic mass is 79.9. The summed E-state index contributed by atoms with van der Waals surface area (Å²) >= 11 is 3.47. The van der Waals surface area contributed by atoms with Crippen LogP contribution in [0.5, 0.6) is 5.75 Å². The van der Waals surface area contributed by atoms with E-state index in [2.05, 4.69) is 38.3 Å². The second kappa shape index (κ2) is 9.94. The standard InChI is InChI=1S/C22H27BrN2O3/c1-27-20-11-13-25(14-12-20)19-7-5-18(6-8-19)24-22(26)10-3-16-15-17(23)4-9-21(16)28-2/h4-9,15,20H,3,10-14H2,1-2H3,(H,24,26). The fourth-order valence-electron chi connectivity index (χ4n) is 3.52. The van der Waals surface area contributed by atoms with E-state index in [9.17, 15) is 4.79 Å². The van der Waals surface area contributed by atoms with Crippen molar-refractivity contribution >= 4 is 33.2 Å². The number of carbonyl (C=O) groups excluding carboxylic acids is 1. The lowest BCUT2D eigenvalue weighted by Crippen LogP contribution is -2.36. The van der Waals surface area contributed by atoms with Crippen LogP contribution in [0.25, 0.3) is 0 Å². The van der Waals surface area contributed by atoms with Gasteiger partial charge in [0.2, 0.25) is 5.91 Å². The third-order valence-corrected chi connectivity index (χ3v) is 5.65. The zero-order valence-corrected chi connectivity index (χ0v) is 18.0. The highest BCUT2D eigenvalue weighted by Crippen LogP contribution is 2.25. The lowest BCUT2D eigenvalue weighted by molar-refractivity contribution is -0.116. The molecule has 1 fully saturated rings. The minimum atomic E-state index is -0.00399. The van der Waals surface area contributed by atoms with Gasteiger partial charge in [-0.25, -0.2) is 0 Å². The Morgan fingerprint density at radius 3 is 2.50 bits per heavy atom. The van der Waals surface area contributed by atoms with Crippen molar-refractivity contribution in [1.82, 2.24) is 0 Å². The number of methoxy groups -OCH3 is 2. The lowest BCUT2D eigenvalue weighted by Gasteiger charge is -2.33. The highest BCUT2D eigenvalue weighted by molar-refractivity contribution is 9.10. The molecule has 0 atom stereocenters. The fourth-order valence-corrected chi connectivity index (χ4v) is 3.93. The predicted octanol–water partition coefficient (Wildman–Crippen LogP) is 4.64. The van der Waals surface area contributed by atoms with Crippen LogP contribution in [0.15, 0.2) is 46.9 Å². The van der Waals surface area contributed by atoms with Crippen LogP contribution < -0.4 is 15.0 Å². The normalized spacial score (nSPS) is 14.8. The van der Waals surface area contributed by atoms with Crippen molar-refractivity contribution in [3.8, 4) is 5.75 Å². The number of nitrogens with one attached hydrogen (secondary N) is 1. The summed E-state index contributed by atoms with van der Waals surface area (Å²) in [6, 6.07) is 13.9. The Balaban J connectivity index is 1.51. The maximum absolute atomic E-state index is 12.3. The number of amides is 1. The molecule has 28 heavy (non-hydrogen) atoms. The smallest absolute Gasteiger partial charge is 0.224 e. The van der Waals surface area contributed by atoms with Crippen molar-refractivity contribution in [2.45, 2.75) is 31.8 Å². The van der Waals surface area contributed by atoms with Crippen LogP contribution in [-0.2, 0) is 16.0 Å². The fraction of sp³-hybridized carbons (Fsp3) is 0.409. The zero-order valence-electron chi connectivity index (χ0n) is 16.4. The van der Waals surface area contributed by atoms with Gasteiger partial charge in [0.25, 0.3) is 0 Å². The molecule has 0 aliphatic carbocycles. The molecule has 1 saturated heterocycles. The number of benzene rings is 2. The number of nitrogens with zero attached hydrogens (tertiary/aromatic N) is 1. The van der Waals surface area contributed by atoms with Crippen LogP contribution in [0.2, 0.25) is 0 Å². The van der Waals surface area contributed by atoms with E-state index in [1.54, 1.807) is 14.2 Å². The van der Waals surface area contributed by atoms with E-state index in [0.717, 1.165) is 47.4 Å². The maximum Gasteiger partial charge on any atom is 0.224 e. The minimum absolute atomic E-state index is 0.00399. The molecule has 1 aliphatic rings.